The number of ether oxygens (including phenoxy) is 2. The molecule has 0 bridgehead atoms. The van der Waals surface area contributed by atoms with E-state index in [0.29, 0.717) is 40.9 Å². The van der Waals surface area contributed by atoms with E-state index in [1.165, 1.54) is 18.5 Å². The summed E-state index contributed by atoms with van der Waals surface area (Å²) in [6, 6.07) is 17.1. The number of halogens is 1. The van der Waals surface area contributed by atoms with Gasteiger partial charge in [-0.05, 0) is 43.3 Å². The minimum Gasteiger partial charge on any atom is -0.439 e. The molecule has 146 valence electrons. The number of benzene rings is 2. The summed E-state index contributed by atoms with van der Waals surface area (Å²) in [5, 5.41) is 8.46. The predicted octanol–water partition coefficient (Wildman–Crippen LogP) is 4.33. The fourth-order valence-electron chi connectivity index (χ4n) is 2.77. The lowest BCUT2D eigenvalue weighted by molar-refractivity contribution is 0.0790. The molecule has 0 unspecified atom stereocenters. The fraction of sp³-hybridized carbons (Fsp3) is 0.143. The highest BCUT2D eigenvalue weighted by Gasteiger charge is 2.19. The molecule has 0 aliphatic rings. The van der Waals surface area contributed by atoms with Gasteiger partial charge < -0.3 is 9.47 Å². The van der Waals surface area contributed by atoms with Crippen molar-refractivity contribution in [3.05, 3.63) is 72.8 Å². The molecular formula is C21H18FN5O2. The third-order valence-corrected chi connectivity index (χ3v) is 4.12. The van der Waals surface area contributed by atoms with Crippen molar-refractivity contribution in [3.8, 4) is 34.3 Å². The third-order valence-electron chi connectivity index (χ3n) is 4.12. The largest absolute Gasteiger partial charge is 0.439 e. The van der Waals surface area contributed by atoms with Crippen molar-refractivity contribution in [3.63, 3.8) is 0 Å². The van der Waals surface area contributed by atoms with E-state index < -0.39 is 0 Å². The van der Waals surface area contributed by atoms with E-state index in [1.54, 1.807) is 22.9 Å². The van der Waals surface area contributed by atoms with Crippen molar-refractivity contribution in [1.29, 1.82) is 0 Å². The number of aromatic nitrogens is 5. The van der Waals surface area contributed by atoms with Crippen LogP contribution in [0.4, 0.5) is 4.39 Å². The van der Waals surface area contributed by atoms with Gasteiger partial charge in [0.2, 0.25) is 5.88 Å². The molecule has 0 amide bonds. The molecule has 0 radical (unpaired) electrons. The molecule has 0 fully saturated rings. The van der Waals surface area contributed by atoms with E-state index in [1.807, 2.05) is 37.3 Å². The molecule has 2 aromatic carbocycles. The van der Waals surface area contributed by atoms with Gasteiger partial charge in [0.15, 0.2) is 0 Å². The van der Waals surface area contributed by atoms with Crippen LogP contribution < -0.4 is 4.74 Å². The zero-order valence-electron chi connectivity index (χ0n) is 15.7. The van der Waals surface area contributed by atoms with Crippen LogP contribution in [0.15, 0.2) is 67.0 Å². The first-order valence-corrected chi connectivity index (χ1v) is 9.07. The molecule has 0 saturated heterocycles. The highest BCUT2D eigenvalue weighted by molar-refractivity contribution is 5.76. The Bertz CT molecular complexity index is 1080. The first-order valence-electron chi connectivity index (χ1n) is 9.07. The molecule has 0 aliphatic carbocycles. The monoisotopic (exact) mass is 391 g/mol. The number of nitrogens with zero attached hydrogens (tertiary/aromatic N) is 5. The number of hydrogen-bond donors (Lipinski definition) is 0. The summed E-state index contributed by atoms with van der Waals surface area (Å²) in [4.78, 5) is 8.56. The molecule has 0 aliphatic heterocycles. The molecule has 4 aromatic rings. The second-order valence-electron chi connectivity index (χ2n) is 6.07. The van der Waals surface area contributed by atoms with Crippen LogP contribution in [0.5, 0.6) is 11.6 Å². The standard InChI is InChI=1S/C21H18FN5O2/c1-2-28-14-27-21(20(25-26-27)15-8-10-16(22)11-9-15)18-12-19(24-13-23-18)29-17-6-4-3-5-7-17/h3-13H,2,14H2,1H3. The summed E-state index contributed by atoms with van der Waals surface area (Å²) in [6.07, 6.45) is 1.42. The zero-order chi connectivity index (χ0) is 20.1. The SMILES string of the molecule is CCOCn1nnc(-c2ccc(F)cc2)c1-c1cc(Oc2ccccc2)ncn1. The Hall–Kier alpha value is -3.65. The highest BCUT2D eigenvalue weighted by atomic mass is 19.1. The molecule has 2 aromatic heterocycles. The summed E-state index contributed by atoms with van der Waals surface area (Å²) in [5.74, 6) is 0.727. The zero-order valence-corrected chi connectivity index (χ0v) is 15.7. The van der Waals surface area contributed by atoms with E-state index in [4.69, 9.17) is 9.47 Å². The first-order chi connectivity index (χ1) is 14.2. The summed E-state index contributed by atoms with van der Waals surface area (Å²) < 4.78 is 26.3. The van der Waals surface area contributed by atoms with Crippen molar-refractivity contribution in [2.24, 2.45) is 0 Å². The van der Waals surface area contributed by atoms with Crippen molar-refractivity contribution < 1.29 is 13.9 Å². The van der Waals surface area contributed by atoms with Crippen LogP contribution in [0, 0.1) is 5.82 Å². The van der Waals surface area contributed by atoms with E-state index >= 15 is 0 Å². The quantitative estimate of drug-likeness (QED) is 0.467. The van der Waals surface area contributed by atoms with Gasteiger partial charge in [-0.3, -0.25) is 0 Å². The summed E-state index contributed by atoms with van der Waals surface area (Å²) in [5.41, 5.74) is 2.47. The summed E-state index contributed by atoms with van der Waals surface area (Å²) >= 11 is 0. The van der Waals surface area contributed by atoms with Gasteiger partial charge >= 0.3 is 0 Å². The first kappa shape index (κ1) is 18.7. The summed E-state index contributed by atoms with van der Waals surface area (Å²) in [6.45, 7) is 2.63. The fourth-order valence-corrected chi connectivity index (χ4v) is 2.77. The van der Waals surface area contributed by atoms with Gasteiger partial charge in [-0.2, -0.15) is 0 Å². The smallest absolute Gasteiger partial charge is 0.222 e. The van der Waals surface area contributed by atoms with Crippen LogP contribution in [0.3, 0.4) is 0 Å². The Morgan fingerprint density at radius 2 is 1.79 bits per heavy atom. The third kappa shape index (κ3) is 4.27. The second-order valence-corrected chi connectivity index (χ2v) is 6.07. The van der Waals surface area contributed by atoms with Gasteiger partial charge in [-0.1, -0.05) is 23.4 Å². The highest BCUT2D eigenvalue weighted by Crippen LogP contribution is 2.31. The summed E-state index contributed by atoms with van der Waals surface area (Å²) in [7, 11) is 0. The maximum Gasteiger partial charge on any atom is 0.222 e. The minimum absolute atomic E-state index is 0.207. The predicted molar refractivity (Wildman–Crippen MR) is 105 cm³/mol. The Labute approximate surface area is 166 Å². The van der Waals surface area contributed by atoms with Gasteiger partial charge in [0, 0.05) is 18.2 Å². The Kier molecular flexibility index (Phi) is 5.53. The lowest BCUT2D eigenvalue weighted by atomic mass is 10.1. The van der Waals surface area contributed by atoms with Gasteiger partial charge in [-0.25, -0.2) is 19.0 Å². The molecule has 4 rings (SSSR count). The Balaban J connectivity index is 1.75. The number of para-hydroxylation sites is 1. The van der Waals surface area contributed by atoms with Crippen molar-refractivity contribution in [1.82, 2.24) is 25.0 Å². The van der Waals surface area contributed by atoms with E-state index in [0.717, 1.165) is 0 Å². The van der Waals surface area contributed by atoms with Crippen LogP contribution >= 0.6 is 0 Å². The molecule has 7 nitrogen and oxygen atoms in total. The van der Waals surface area contributed by atoms with Crippen LogP contribution in [-0.4, -0.2) is 31.6 Å². The molecule has 8 heteroatoms. The van der Waals surface area contributed by atoms with Crippen molar-refractivity contribution >= 4 is 0 Å². The van der Waals surface area contributed by atoms with Crippen molar-refractivity contribution in [2.75, 3.05) is 6.61 Å². The van der Waals surface area contributed by atoms with Gasteiger partial charge in [0.25, 0.3) is 0 Å². The molecule has 29 heavy (non-hydrogen) atoms. The average molecular weight is 391 g/mol. The maximum atomic E-state index is 13.4. The van der Waals surface area contributed by atoms with E-state index in [9.17, 15) is 4.39 Å². The normalized spacial score (nSPS) is 10.8. The van der Waals surface area contributed by atoms with E-state index in [-0.39, 0.29) is 12.5 Å². The maximum absolute atomic E-state index is 13.4. The van der Waals surface area contributed by atoms with Crippen LogP contribution in [0.25, 0.3) is 22.6 Å². The van der Waals surface area contributed by atoms with Gasteiger partial charge in [-0.15, -0.1) is 5.10 Å². The van der Waals surface area contributed by atoms with Gasteiger partial charge in [0.1, 0.15) is 36.0 Å². The van der Waals surface area contributed by atoms with Crippen LogP contribution in [0.1, 0.15) is 6.92 Å². The average Bonchev–Trinajstić information content (AvgIpc) is 3.17. The van der Waals surface area contributed by atoms with Crippen LogP contribution in [-0.2, 0) is 11.5 Å². The number of hydrogen-bond acceptors (Lipinski definition) is 6. The molecule has 0 spiro atoms. The molecule has 0 saturated carbocycles. The minimum atomic E-state index is -0.322. The van der Waals surface area contributed by atoms with Crippen molar-refractivity contribution in [2.45, 2.75) is 13.7 Å². The Morgan fingerprint density at radius 3 is 2.55 bits per heavy atom. The number of rotatable bonds is 7. The Morgan fingerprint density at radius 1 is 1.00 bits per heavy atom. The molecular weight excluding hydrogens is 373 g/mol. The van der Waals surface area contributed by atoms with E-state index in [2.05, 4.69) is 20.3 Å². The van der Waals surface area contributed by atoms with Gasteiger partial charge in [0.05, 0.1) is 5.69 Å². The molecule has 0 atom stereocenters. The lowest BCUT2D eigenvalue weighted by Gasteiger charge is -2.09. The molecule has 2 heterocycles. The van der Waals surface area contributed by atoms with Crippen LogP contribution in [0.2, 0.25) is 0 Å². The molecule has 0 N–H and O–H groups in total. The lowest BCUT2D eigenvalue weighted by Crippen LogP contribution is -2.07. The topological polar surface area (TPSA) is 75.0 Å². The second kappa shape index (κ2) is 8.57.